The normalized spacial score (nSPS) is 15.7. The fourth-order valence-electron chi connectivity index (χ4n) is 2.82. The van der Waals surface area contributed by atoms with E-state index in [9.17, 15) is 9.59 Å². The Kier molecular flexibility index (Phi) is 4.14. The molecule has 0 radical (unpaired) electrons. The molecule has 0 atom stereocenters. The molecule has 8 nitrogen and oxygen atoms in total. The predicted octanol–water partition coefficient (Wildman–Crippen LogP) is 1.08. The number of methoxy groups -OCH3 is 1. The van der Waals surface area contributed by atoms with Crippen LogP contribution in [0.5, 0.6) is 0 Å². The number of anilines is 2. The van der Waals surface area contributed by atoms with Crippen molar-refractivity contribution in [2.75, 3.05) is 30.4 Å². The third-order valence-corrected chi connectivity index (χ3v) is 4.00. The van der Waals surface area contributed by atoms with E-state index in [0.29, 0.717) is 11.6 Å². The Morgan fingerprint density at radius 3 is 2.74 bits per heavy atom. The molecule has 1 saturated heterocycles. The first kappa shape index (κ1) is 15.3. The summed E-state index contributed by atoms with van der Waals surface area (Å²) in [7, 11) is 1.43. The summed E-state index contributed by atoms with van der Waals surface area (Å²) in [5.74, 6) is -0.0537. The van der Waals surface area contributed by atoms with Crippen LogP contribution in [0.1, 0.15) is 19.8 Å². The summed E-state index contributed by atoms with van der Waals surface area (Å²) in [6, 6.07) is 3.88. The number of hydrogen-bond acceptors (Lipinski definition) is 6. The van der Waals surface area contributed by atoms with Gasteiger partial charge in [0.1, 0.15) is 0 Å². The smallest absolute Gasteiger partial charge is 0.308 e. The second kappa shape index (κ2) is 6.23. The minimum Gasteiger partial charge on any atom is -0.469 e. The van der Waals surface area contributed by atoms with E-state index >= 15 is 0 Å². The maximum atomic E-state index is 11.6. The summed E-state index contributed by atoms with van der Waals surface area (Å²) in [5, 5.41) is 6.75. The number of ether oxygens (including phenoxy) is 1. The monoisotopic (exact) mass is 317 g/mol. The summed E-state index contributed by atoms with van der Waals surface area (Å²) in [5.41, 5.74) is 1.70. The number of carbonyl (C=O) groups excluding carboxylic acids is 2. The van der Waals surface area contributed by atoms with Gasteiger partial charge in [-0.25, -0.2) is 4.52 Å². The van der Waals surface area contributed by atoms with Gasteiger partial charge in [-0.15, -0.1) is 5.10 Å². The third kappa shape index (κ3) is 3.25. The van der Waals surface area contributed by atoms with Gasteiger partial charge >= 0.3 is 5.97 Å². The molecule has 1 amide bonds. The molecule has 8 heteroatoms. The Morgan fingerprint density at radius 2 is 2.09 bits per heavy atom. The number of aromatic nitrogens is 3. The maximum absolute atomic E-state index is 11.6. The number of piperidine rings is 1. The van der Waals surface area contributed by atoms with Crippen molar-refractivity contribution in [3.8, 4) is 0 Å². The SMILES string of the molecule is COC(=O)C1CCN(c2ccn3nc(NC(C)=O)nc3c2)CC1. The lowest BCUT2D eigenvalue weighted by Gasteiger charge is -2.32. The van der Waals surface area contributed by atoms with E-state index in [1.807, 2.05) is 18.3 Å². The first-order chi connectivity index (χ1) is 11.1. The molecule has 0 aromatic carbocycles. The van der Waals surface area contributed by atoms with Gasteiger partial charge in [0.25, 0.3) is 0 Å². The van der Waals surface area contributed by atoms with Crippen LogP contribution in [0.4, 0.5) is 11.6 Å². The maximum Gasteiger partial charge on any atom is 0.308 e. The van der Waals surface area contributed by atoms with Gasteiger partial charge in [0.15, 0.2) is 5.65 Å². The van der Waals surface area contributed by atoms with E-state index in [-0.39, 0.29) is 17.8 Å². The molecule has 2 aromatic heterocycles. The Bertz CT molecular complexity index is 734. The number of hydrogen-bond donors (Lipinski definition) is 1. The van der Waals surface area contributed by atoms with E-state index in [0.717, 1.165) is 31.6 Å². The minimum absolute atomic E-state index is 0.0144. The van der Waals surface area contributed by atoms with Crippen LogP contribution >= 0.6 is 0 Å². The molecule has 1 N–H and O–H groups in total. The molecule has 0 bridgehead atoms. The number of rotatable bonds is 3. The van der Waals surface area contributed by atoms with Crippen LogP contribution in [0, 0.1) is 5.92 Å². The zero-order chi connectivity index (χ0) is 16.4. The van der Waals surface area contributed by atoms with Crippen LogP contribution in [0.15, 0.2) is 18.3 Å². The van der Waals surface area contributed by atoms with Crippen LogP contribution in [0.25, 0.3) is 5.65 Å². The largest absolute Gasteiger partial charge is 0.469 e. The Labute approximate surface area is 133 Å². The van der Waals surface area contributed by atoms with E-state index in [1.54, 1.807) is 4.52 Å². The highest BCUT2D eigenvalue weighted by atomic mass is 16.5. The molecule has 0 aliphatic carbocycles. The number of pyridine rings is 1. The number of carbonyl (C=O) groups is 2. The standard InChI is InChI=1S/C15H19N5O3/c1-10(21)16-15-17-13-9-12(5-8-20(13)18-15)19-6-3-11(4-7-19)14(22)23-2/h5,8-9,11H,3-4,6-7H2,1-2H3,(H,16,18,21). The third-order valence-electron chi connectivity index (χ3n) is 4.00. The van der Waals surface area contributed by atoms with Gasteiger partial charge in [-0.1, -0.05) is 0 Å². The first-order valence-electron chi connectivity index (χ1n) is 7.53. The van der Waals surface area contributed by atoms with E-state index in [2.05, 4.69) is 20.3 Å². The van der Waals surface area contributed by atoms with Gasteiger partial charge in [0.05, 0.1) is 13.0 Å². The van der Waals surface area contributed by atoms with E-state index < -0.39 is 0 Å². The lowest BCUT2D eigenvalue weighted by molar-refractivity contribution is -0.146. The lowest BCUT2D eigenvalue weighted by atomic mass is 9.97. The molecule has 1 aliphatic heterocycles. The van der Waals surface area contributed by atoms with Crippen molar-refractivity contribution in [3.63, 3.8) is 0 Å². The van der Waals surface area contributed by atoms with Gasteiger partial charge in [-0.2, -0.15) is 4.98 Å². The van der Waals surface area contributed by atoms with Crippen molar-refractivity contribution < 1.29 is 14.3 Å². The van der Waals surface area contributed by atoms with Gasteiger partial charge < -0.3 is 9.64 Å². The molecule has 0 unspecified atom stereocenters. The molecule has 122 valence electrons. The highest BCUT2D eigenvalue weighted by Gasteiger charge is 2.25. The molecular formula is C15H19N5O3. The van der Waals surface area contributed by atoms with Crippen LogP contribution in [0.3, 0.4) is 0 Å². The second-order valence-corrected chi connectivity index (χ2v) is 5.59. The molecule has 2 aromatic rings. The van der Waals surface area contributed by atoms with Crippen molar-refractivity contribution in [2.45, 2.75) is 19.8 Å². The molecular weight excluding hydrogens is 298 g/mol. The Balaban J connectivity index is 1.73. The number of amides is 1. The summed E-state index contributed by atoms with van der Waals surface area (Å²) >= 11 is 0. The summed E-state index contributed by atoms with van der Waals surface area (Å²) in [4.78, 5) is 29.1. The molecule has 1 aliphatic rings. The summed E-state index contributed by atoms with van der Waals surface area (Å²) in [6.07, 6.45) is 3.37. The predicted molar refractivity (Wildman–Crippen MR) is 84.2 cm³/mol. The number of nitrogens with zero attached hydrogens (tertiary/aromatic N) is 4. The average molecular weight is 317 g/mol. The van der Waals surface area contributed by atoms with Gasteiger partial charge in [0.2, 0.25) is 11.9 Å². The Morgan fingerprint density at radius 1 is 1.35 bits per heavy atom. The van der Waals surface area contributed by atoms with Crippen LogP contribution in [-0.4, -0.2) is 46.7 Å². The highest BCUT2D eigenvalue weighted by Crippen LogP contribution is 2.24. The first-order valence-corrected chi connectivity index (χ1v) is 7.53. The number of fused-ring (bicyclic) bond motifs is 1. The fourth-order valence-corrected chi connectivity index (χ4v) is 2.82. The summed E-state index contributed by atoms with van der Waals surface area (Å²) < 4.78 is 6.43. The van der Waals surface area contributed by atoms with Crippen LogP contribution < -0.4 is 10.2 Å². The van der Waals surface area contributed by atoms with E-state index in [4.69, 9.17) is 4.74 Å². The molecule has 23 heavy (non-hydrogen) atoms. The van der Waals surface area contributed by atoms with Crippen molar-refractivity contribution in [2.24, 2.45) is 5.92 Å². The molecule has 0 saturated carbocycles. The van der Waals surface area contributed by atoms with Crippen molar-refractivity contribution in [1.29, 1.82) is 0 Å². The molecule has 3 rings (SSSR count). The topological polar surface area (TPSA) is 88.8 Å². The van der Waals surface area contributed by atoms with Gasteiger partial charge in [0, 0.05) is 38.0 Å². The van der Waals surface area contributed by atoms with Gasteiger partial charge in [-0.05, 0) is 18.9 Å². The zero-order valence-electron chi connectivity index (χ0n) is 13.2. The van der Waals surface area contributed by atoms with Crippen molar-refractivity contribution in [3.05, 3.63) is 18.3 Å². The fraction of sp³-hybridized carbons (Fsp3) is 0.467. The Hall–Kier alpha value is -2.64. The van der Waals surface area contributed by atoms with Crippen molar-refractivity contribution >= 4 is 29.2 Å². The van der Waals surface area contributed by atoms with Crippen LogP contribution in [-0.2, 0) is 14.3 Å². The quantitative estimate of drug-likeness (QED) is 0.852. The average Bonchev–Trinajstić information content (AvgIpc) is 2.94. The number of nitrogens with one attached hydrogen (secondary N) is 1. The highest BCUT2D eigenvalue weighted by molar-refractivity contribution is 5.86. The molecule has 3 heterocycles. The molecule has 1 fully saturated rings. The summed E-state index contributed by atoms with van der Waals surface area (Å²) in [6.45, 7) is 3.01. The number of esters is 1. The van der Waals surface area contributed by atoms with Crippen molar-refractivity contribution in [1.82, 2.24) is 14.6 Å². The van der Waals surface area contributed by atoms with E-state index in [1.165, 1.54) is 14.0 Å². The lowest BCUT2D eigenvalue weighted by Crippen LogP contribution is -2.36. The zero-order valence-corrected chi connectivity index (χ0v) is 13.2. The molecule has 0 spiro atoms. The van der Waals surface area contributed by atoms with Crippen LogP contribution in [0.2, 0.25) is 0 Å². The van der Waals surface area contributed by atoms with Gasteiger partial charge in [-0.3, -0.25) is 14.9 Å². The minimum atomic E-state index is -0.203. The second-order valence-electron chi connectivity index (χ2n) is 5.59.